The Bertz CT molecular complexity index is 1110. The molecule has 0 spiro atoms. The lowest BCUT2D eigenvalue weighted by atomic mass is 9.96. The molecule has 1 amide bonds. The average Bonchev–Trinajstić information content (AvgIpc) is 2.88. The number of piperidine rings is 1. The molecule has 0 radical (unpaired) electrons. The van der Waals surface area contributed by atoms with Crippen LogP contribution in [-0.2, 0) is 13.0 Å². The quantitative estimate of drug-likeness (QED) is 0.662. The van der Waals surface area contributed by atoms with E-state index in [4.69, 9.17) is 9.97 Å². The van der Waals surface area contributed by atoms with Crippen LogP contribution in [0.2, 0.25) is 0 Å². The summed E-state index contributed by atoms with van der Waals surface area (Å²) in [7, 11) is 1.92. The number of benzene rings is 2. The van der Waals surface area contributed by atoms with E-state index in [9.17, 15) is 4.79 Å². The molecule has 1 atom stereocenters. The number of carbonyl (C=O) groups is 1. The summed E-state index contributed by atoms with van der Waals surface area (Å²) >= 11 is 0. The van der Waals surface area contributed by atoms with Gasteiger partial charge in [0.05, 0.1) is 12.2 Å². The fourth-order valence-electron chi connectivity index (χ4n) is 4.79. The van der Waals surface area contributed by atoms with Gasteiger partial charge in [0.25, 0.3) is 5.91 Å². The van der Waals surface area contributed by atoms with E-state index in [0.717, 1.165) is 71.9 Å². The summed E-state index contributed by atoms with van der Waals surface area (Å²) in [6.07, 6.45) is 3.00. The van der Waals surface area contributed by atoms with E-state index in [1.54, 1.807) is 0 Å². The number of hydrogen-bond donors (Lipinski definition) is 2. The van der Waals surface area contributed by atoms with E-state index >= 15 is 0 Å². The largest absolute Gasteiger partial charge is 0.373 e. The highest BCUT2D eigenvalue weighted by atomic mass is 16.2. The number of anilines is 1. The smallest absolute Gasteiger partial charge is 0.254 e. The maximum absolute atomic E-state index is 13.6. The zero-order valence-electron chi connectivity index (χ0n) is 18.5. The third-order valence-corrected chi connectivity index (χ3v) is 6.51. The van der Waals surface area contributed by atoms with Crippen molar-refractivity contribution in [2.24, 2.45) is 0 Å². The Morgan fingerprint density at radius 1 is 1.09 bits per heavy atom. The number of hydrogen-bond acceptors (Lipinski definition) is 5. The van der Waals surface area contributed by atoms with Crippen molar-refractivity contribution in [1.82, 2.24) is 20.2 Å². The van der Waals surface area contributed by atoms with Gasteiger partial charge in [-0.1, -0.05) is 48.5 Å². The van der Waals surface area contributed by atoms with Crippen LogP contribution in [0.1, 0.15) is 46.2 Å². The number of rotatable bonds is 4. The van der Waals surface area contributed by atoms with Gasteiger partial charge in [-0.2, -0.15) is 0 Å². The molecule has 6 heteroatoms. The summed E-state index contributed by atoms with van der Waals surface area (Å²) in [4.78, 5) is 25.3. The van der Waals surface area contributed by atoms with Crippen LogP contribution in [0.5, 0.6) is 0 Å². The second-order valence-electron chi connectivity index (χ2n) is 8.54. The van der Waals surface area contributed by atoms with Crippen LogP contribution >= 0.6 is 0 Å². The number of nitrogens with one attached hydrogen (secondary N) is 2. The highest BCUT2D eigenvalue weighted by Crippen LogP contribution is 2.30. The van der Waals surface area contributed by atoms with Gasteiger partial charge in [-0.3, -0.25) is 4.79 Å². The minimum absolute atomic E-state index is 0.0561. The average molecular weight is 428 g/mol. The molecule has 1 fully saturated rings. The van der Waals surface area contributed by atoms with Crippen LogP contribution in [-0.4, -0.2) is 47.5 Å². The van der Waals surface area contributed by atoms with Gasteiger partial charge in [0.1, 0.15) is 11.6 Å². The Hall–Kier alpha value is -3.25. The van der Waals surface area contributed by atoms with Crippen molar-refractivity contribution < 1.29 is 4.79 Å². The second-order valence-corrected chi connectivity index (χ2v) is 8.54. The third-order valence-electron chi connectivity index (χ3n) is 6.51. The first-order valence-corrected chi connectivity index (χ1v) is 11.5. The standard InChI is InChI=1S/C26H29N5O/c1-27-25-22-13-15-31(17-23(22)29-24(30-25)19-10-7-14-28-16-19)26(32)21-12-6-5-11-20(21)18-8-3-2-4-9-18/h2-6,8-9,11-12,19,28H,7,10,13-17H2,1H3,(H,27,29,30). The van der Waals surface area contributed by atoms with Crippen molar-refractivity contribution in [2.75, 3.05) is 32.0 Å². The number of carbonyl (C=O) groups excluding carboxylic acids is 1. The fraction of sp³-hybridized carbons (Fsp3) is 0.346. The first-order chi connectivity index (χ1) is 15.7. The molecule has 2 aliphatic heterocycles. The number of amides is 1. The maximum atomic E-state index is 13.6. The molecule has 6 nitrogen and oxygen atoms in total. The zero-order chi connectivity index (χ0) is 21.9. The molecule has 2 N–H and O–H groups in total. The molecule has 0 aliphatic carbocycles. The first kappa shape index (κ1) is 20.6. The van der Waals surface area contributed by atoms with Gasteiger partial charge in [-0.05, 0) is 43.0 Å². The first-order valence-electron chi connectivity index (χ1n) is 11.5. The molecule has 32 heavy (non-hydrogen) atoms. The molecule has 1 unspecified atom stereocenters. The van der Waals surface area contributed by atoms with E-state index in [1.165, 1.54) is 0 Å². The van der Waals surface area contributed by atoms with E-state index < -0.39 is 0 Å². The van der Waals surface area contributed by atoms with Crippen LogP contribution in [0.3, 0.4) is 0 Å². The topological polar surface area (TPSA) is 70.2 Å². The lowest BCUT2D eigenvalue weighted by molar-refractivity contribution is 0.0732. The van der Waals surface area contributed by atoms with Crippen molar-refractivity contribution in [3.8, 4) is 11.1 Å². The maximum Gasteiger partial charge on any atom is 0.254 e. The van der Waals surface area contributed by atoms with Gasteiger partial charge < -0.3 is 15.5 Å². The minimum atomic E-state index is 0.0561. The van der Waals surface area contributed by atoms with Crippen molar-refractivity contribution in [2.45, 2.75) is 31.7 Å². The lowest BCUT2D eigenvalue weighted by Gasteiger charge is -2.31. The van der Waals surface area contributed by atoms with Crippen molar-refractivity contribution in [3.63, 3.8) is 0 Å². The van der Waals surface area contributed by atoms with E-state index in [2.05, 4.69) is 22.8 Å². The molecular formula is C26H29N5O. The van der Waals surface area contributed by atoms with Crippen LogP contribution < -0.4 is 10.6 Å². The lowest BCUT2D eigenvalue weighted by Crippen LogP contribution is -2.38. The SMILES string of the molecule is CNc1nc(C2CCCNC2)nc2c1CCN(C(=O)c1ccccc1-c1ccccc1)C2. The Morgan fingerprint density at radius 2 is 1.91 bits per heavy atom. The monoisotopic (exact) mass is 427 g/mol. The molecule has 0 bridgehead atoms. The van der Waals surface area contributed by atoms with Crippen LogP contribution in [0.25, 0.3) is 11.1 Å². The second kappa shape index (κ2) is 9.09. The summed E-state index contributed by atoms with van der Waals surface area (Å²) < 4.78 is 0. The van der Waals surface area contributed by atoms with E-state index in [-0.39, 0.29) is 5.91 Å². The van der Waals surface area contributed by atoms with Crippen molar-refractivity contribution in [3.05, 3.63) is 77.2 Å². The fourth-order valence-corrected chi connectivity index (χ4v) is 4.79. The molecular weight excluding hydrogens is 398 g/mol. The molecule has 1 saturated heterocycles. The summed E-state index contributed by atoms with van der Waals surface area (Å²) in [6, 6.07) is 18.0. The van der Waals surface area contributed by atoms with Gasteiger partial charge in [0.2, 0.25) is 0 Å². The summed E-state index contributed by atoms with van der Waals surface area (Å²) in [5.74, 6) is 2.18. The van der Waals surface area contributed by atoms with Crippen molar-refractivity contribution in [1.29, 1.82) is 0 Å². The molecule has 1 aromatic heterocycles. The van der Waals surface area contributed by atoms with Crippen LogP contribution in [0, 0.1) is 0 Å². The van der Waals surface area contributed by atoms with Gasteiger partial charge >= 0.3 is 0 Å². The molecule has 2 aliphatic rings. The summed E-state index contributed by atoms with van der Waals surface area (Å²) in [5, 5.41) is 6.72. The highest BCUT2D eigenvalue weighted by Gasteiger charge is 2.28. The Labute approximate surface area is 189 Å². The summed E-state index contributed by atoms with van der Waals surface area (Å²) in [6.45, 7) is 3.15. The molecule has 0 saturated carbocycles. The zero-order valence-corrected chi connectivity index (χ0v) is 18.5. The Balaban J connectivity index is 1.45. The van der Waals surface area contributed by atoms with Crippen molar-refractivity contribution >= 4 is 11.7 Å². The summed E-state index contributed by atoms with van der Waals surface area (Å²) in [5.41, 5.74) is 4.88. The Kier molecular flexibility index (Phi) is 5.86. The molecule has 2 aromatic carbocycles. The molecule has 5 rings (SSSR count). The number of aromatic nitrogens is 2. The number of nitrogens with zero attached hydrogens (tertiary/aromatic N) is 3. The molecule has 164 valence electrons. The normalized spacial score (nSPS) is 18.2. The minimum Gasteiger partial charge on any atom is -0.373 e. The Morgan fingerprint density at radius 3 is 2.69 bits per heavy atom. The van der Waals surface area contributed by atoms with Crippen LogP contribution in [0.4, 0.5) is 5.82 Å². The third kappa shape index (κ3) is 3.98. The van der Waals surface area contributed by atoms with Gasteiger partial charge in [-0.25, -0.2) is 9.97 Å². The highest BCUT2D eigenvalue weighted by molar-refractivity contribution is 6.01. The predicted octanol–water partition coefficient (Wildman–Crippen LogP) is 3.85. The van der Waals surface area contributed by atoms with Gasteiger partial charge in [-0.15, -0.1) is 0 Å². The molecule has 3 aromatic rings. The van der Waals surface area contributed by atoms with Gasteiger partial charge in [0.15, 0.2) is 0 Å². The van der Waals surface area contributed by atoms with E-state index in [0.29, 0.717) is 19.0 Å². The predicted molar refractivity (Wildman–Crippen MR) is 127 cm³/mol. The number of fused-ring (bicyclic) bond motifs is 1. The molecule has 3 heterocycles. The van der Waals surface area contributed by atoms with E-state index in [1.807, 2.05) is 54.4 Å². The van der Waals surface area contributed by atoms with Crippen LogP contribution in [0.15, 0.2) is 54.6 Å². The van der Waals surface area contributed by atoms with Gasteiger partial charge in [0, 0.05) is 37.2 Å².